The fourth-order valence-corrected chi connectivity index (χ4v) is 1.13. The average molecular weight is 222 g/mol. The zero-order valence-corrected chi connectivity index (χ0v) is 8.06. The molecule has 0 bridgehead atoms. The van der Waals surface area contributed by atoms with Gasteiger partial charge in [0.1, 0.15) is 0 Å². The molecule has 0 fully saturated rings. The predicted octanol–water partition coefficient (Wildman–Crippen LogP) is 1.73. The first-order chi connectivity index (χ1) is 8.57. The number of benzene rings is 1. The molecule has 0 aliphatic carbocycles. The van der Waals surface area contributed by atoms with E-state index in [2.05, 4.69) is 0 Å². The van der Waals surface area contributed by atoms with Crippen LogP contribution in [-0.2, 0) is 6.37 Å². The third-order valence-corrected chi connectivity index (χ3v) is 1.65. The molecule has 14 heavy (non-hydrogen) atoms. The van der Waals surface area contributed by atoms with Gasteiger partial charge >= 0.3 is 0 Å². The van der Waals surface area contributed by atoms with Crippen LogP contribution in [-0.4, -0.2) is 12.8 Å². The van der Waals surface area contributed by atoms with Gasteiger partial charge in [0.05, 0.1) is 0 Å². The molecular weight excluding hydrogens is 202 g/mol. The Morgan fingerprint density at radius 2 is 2.43 bits per heavy atom. The smallest absolute Gasteiger partial charge is 0.231 e. The van der Waals surface area contributed by atoms with Crippen molar-refractivity contribution in [3.05, 3.63) is 23.8 Å². The molecule has 1 unspecified atom stereocenters. The quantitative estimate of drug-likeness (QED) is 0.827. The van der Waals surface area contributed by atoms with Crippen LogP contribution in [0.3, 0.4) is 0 Å². The van der Waals surface area contributed by atoms with E-state index in [0.29, 0.717) is 11.5 Å². The van der Waals surface area contributed by atoms with E-state index in [1.165, 1.54) is 18.2 Å². The number of hydrogen-bond acceptors (Lipinski definition) is 3. The van der Waals surface area contributed by atoms with Gasteiger partial charge in [-0.25, -0.2) is 0 Å². The monoisotopic (exact) mass is 221 g/mol. The summed E-state index contributed by atoms with van der Waals surface area (Å²) in [5.74, 6) is 0.753. The van der Waals surface area contributed by atoms with Crippen molar-refractivity contribution in [1.29, 1.82) is 0 Å². The SMILES string of the molecule is Cl.[2H]C([2H])([2H])C([2H])(N)C([2H])([2H])c1ccc2c(c1)OCO2. The van der Waals surface area contributed by atoms with E-state index in [4.69, 9.17) is 23.4 Å². The largest absolute Gasteiger partial charge is 0.454 e. The molecule has 0 saturated heterocycles. The summed E-state index contributed by atoms with van der Waals surface area (Å²) in [5, 5.41) is 0. The Kier molecular flexibility index (Phi) is 1.69. The van der Waals surface area contributed by atoms with E-state index in [0.717, 1.165) is 0 Å². The molecule has 1 aliphatic heterocycles. The second kappa shape index (κ2) is 4.53. The van der Waals surface area contributed by atoms with Crippen molar-refractivity contribution < 1.29 is 17.7 Å². The molecular formula is C10H14ClNO2. The maximum Gasteiger partial charge on any atom is 0.231 e. The van der Waals surface area contributed by atoms with Crippen LogP contribution in [0.2, 0.25) is 0 Å². The molecule has 2 rings (SSSR count). The molecule has 0 aromatic heterocycles. The molecule has 1 aromatic carbocycles. The summed E-state index contributed by atoms with van der Waals surface area (Å²) in [6, 6.07) is 1.35. The molecule has 1 heterocycles. The minimum absolute atomic E-state index is 0. The normalized spacial score (nSPS) is 25.2. The zero-order chi connectivity index (χ0) is 14.5. The van der Waals surface area contributed by atoms with Crippen LogP contribution in [0.1, 0.15) is 20.6 Å². The Morgan fingerprint density at radius 1 is 1.64 bits per heavy atom. The maximum atomic E-state index is 7.89. The van der Waals surface area contributed by atoms with Gasteiger partial charge in [-0.2, -0.15) is 0 Å². The summed E-state index contributed by atoms with van der Waals surface area (Å²) in [6.45, 7) is -2.94. The highest BCUT2D eigenvalue weighted by molar-refractivity contribution is 5.85. The molecule has 1 aliphatic rings. The van der Waals surface area contributed by atoms with E-state index in [9.17, 15) is 0 Å². The Balaban J connectivity index is 0.00000200. The number of ether oxygens (including phenoxy) is 2. The van der Waals surface area contributed by atoms with E-state index in [1.807, 2.05) is 0 Å². The van der Waals surface area contributed by atoms with E-state index < -0.39 is 19.2 Å². The summed E-state index contributed by atoms with van der Waals surface area (Å²) in [5.41, 5.74) is 5.37. The first kappa shape index (κ1) is 5.24. The highest BCUT2D eigenvalue weighted by Gasteiger charge is 2.13. The molecule has 3 nitrogen and oxygen atoms in total. The number of halogens is 1. The average Bonchev–Trinajstić information content (AvgIpc) is 2.73. The fourth-order valence-electron chi connectivity index (χ4n) is 1.13. The summed E-state index contributed by atoms with van der Waals surface area (Å²) in [4.78, 5) is 0. The van der Waals surface area contributed by atoms with Gasteiger partial charge in [-0.3, -0.25) is 0 Å². The van der Waals surface area contributed by atoms with Gasteiger partial charge < -0.3 is 15.2 Å². The van der Waals surface area contributed by atoms with E-state index in [1.54, 1.807) is 0 Å². The minimum atomic E-state index is -2.97. The number of hydrogen-bond donors (Lipinski definition) is 1. The summed E-state index contributed by atoms with van der Waals surface area (Å²) < 4.78 is 55.3. The van der Waals surface area contributed by atoms with E-state index in [-0.39, 0.29) is 24.8 Å². The molecule has 0 amide bonds. The van der Waals surface area contributed by atoms with Crippen molar-refractivity contribution >= 4 is 12.4 Å². The highest BCUT2D eigenvalue weighted by Crippen LogP contribution is 2.32. The molecule has 78 valence electrons. The maximum absolute atomic E-state index is 7.89. The van der Waals surface area contributed by atoms with Crippen LogP contribution in [0.15, 0.2) is 18.2 Å². The number of nitrogens with two attached hydrogens (primary N) is 1. The molecule has 1 atom stereocenters. The Labute approximate surface area is 98.0 Å². The second-order valence-corrected chi connectivity index (χ2v) is 2.61. The zero-order valence-electron chi connectivity index (χ0n) is 13.2. The van der Waals surface area contributed by atoms with Crippen LogP contribution >= 0.6 is 12.4 Å². The summed E-state index contributed by atoms with van der Waals surface area (Å²) in [6.07, 6.45) is -2.57. The highest BCUT2D eigenvalue weighted by atomic mass is 35.5. The number of fused-ring (bicyclic) bond motifs is 1. The lowest BCUT2D eigenvalue weighted by Gasteiger charge is -2.05. The number of rotatable bonds is 2. The standard InChI is InChI=1S/C10H13NO2.ClH/c1-7(11)4-8-2-3-9-10(5-8)13-6-12-9;/h2-3,5,7H,4,6,11H2,1H3;1H/i1D3,4D2,7D;. The van der Waals surface area contributed by atoms with Crippen LogP contribution in [0.4, 0.5) is 0 Å². The lowest BCUT2D eigenvalue weighted by molar-refractivity contribution is 0.174. The van der Waals surface area contributed by atoms with Crippen molar-refractivity contribution in [1.82, 2.24) is 0 Å². The van der Waals surface area contributed by atoms with Crippen LogP contribution in [0.5, 0.6) is 11.5 Å². The minimum Gasteiger partial charge on any atom is -0.454 e. The van der Waals surface area contributed by atoms with Crippen molar-refractivity contribution in [2.75, 3.05) is 6.79 Å². The fraction of sp³-hybridized carbons (Fsp3) is 0.400. The van der Waals surface area contributed by atoms with Crippen molar-refractivity contribution in [2.24, 2.45) is 5.73 Å². The third-order valence-electron chi connectivity index (χ3n) is 1.65. The summed E-state index contributed by atoms with van der Waals surface area (Å²) >= 11 is 0. The van der Waals surface area contributed by atoms with Gasteiger partial charge in [-0.1, -0.05) is 6.07 Å². The van der Waals surface area contributed by atoms with Gasteiger partial charge in [0.15, 0.2) is 11.5 Å². The van der Waals surface area contributed by atoms with Gasteiger partial charge in [0, 0.05) is 14.2 Å². The Bertz CT molecular complexity index is 505. The second-order valence-electron chi connectivity index (χ2n) is 2.61. The van der Waals surface area contributed by atoms with E-state index >= 15 is 0 Å². The van der Waals surface area contributed by atoms with Crippen LogP contribution < -0.4 is 15.2 Å². The van der Waals surface area contributed by atoms with Gasteiger partial charge in [0.25, 0.3) is 0 Å². The molecule has 2 N–H and O–H groups in total. The Hall–Kier alpha value is -0.930. The third kappa shape index (κ3) is 2.30. The topological polar surface area (TPSA) is 44.5 Å². The lowest BCUT2D eigenvalue weighted by Crippen LogP contribution is -2.17. The van der Waals surface area contributed by atoms with Crippen molar-refractivity contribution in [3.8, 4) is 11.5 Å². The molecule has 0 radical (unpaired) electrons. The molecule has 4 heteroatoms. The predicted molar refractivity (Wildman–Crippen MR) is 57.2 cm³/mol. The van der Waals surface area contributed by atoms with Crippen molar-refractivity contribution in [2.45, 2.75) is 19.2 Å². The van der Waals surface area contributed by atoms with Gasteiger partial charge in [-0.15, -0.1) is 12.4 Å². The first-order valence-corrected chi connectivity index (χ1v) is 3.76. The van der Waals surface area contributed by atoms with Crippen LogP contribution in [0, 0.1) is 0 Å². The Morgan fingerprint density at radius 3 is 3.21 bits per heavy atom. The molecule has 1 aromatic rings. The lowest BCUT2D eigenvalue weighted by atomic mass is 10.1. The first-order valence-electron chi connectivity index (χ1n) is 6.76. The molecule has 0 saturated carbocycles. The van der Waals surface area contributed by atoms with Crippen molar-refractivity contribution in [3.63, 3.8) is 0 Å². The van der Waals surface area contributed by atoms with Gasteiger partial charge in [-0.05, 0) is 30.9 Å². The van der Waals surface area contributed by atoms with Crippen LogP contribution in [0.25, 0.3) is 0 Å². The molecule has 0 spiro atoms. The summed E-state index contributed by atoms with van der Waals surface area (Å²) in [7, 11) is 0. The van der Waals surface area contributed by atoms with Gasteiger partial charge in [0.2, 0.25) is 6.79 Å².